The van der Waals surface area contributed by atoms with E-state index in [4.69, 9.17) is 16.7 Å². The van der Waals surface area contributed by atoms with Crippen molar-refractivity contribution in [3.05, 3.63) is 105 Å². The summed E-state index contributed by atoms with van der Waals surface area (Å²) in [5, 5.41) is 27.4. The van der Waals surface area contributed by atoms with E-state index in [1.54, 1.807) is 43.5 Å². The number of allylic oxidation sites excluding steroid dienone is 2. The van der Waals surface area contributed by atoms with Crippen molar-refractivity contribution in [1.82, 2.24) is 9.78 Å². The monoisotopic (exact) mass is 838 g/mol. The molecule has 0 bridgehead atoms. The van der Waals surface area contributed by atoms with E-state index in [1.807, 2.05) is 31.2 Å². The molecule has 55 heavy (non-hydrogen) atoms. The smallest absolute Gasteiger partial charge is 0.335 e. The minimum absolute atomic E-state index is 0.0641. The molecule has 11 nitrogen and oxygen atoms in total. The molecule has 2 aliphatic carbocycles. The molecule has 0 unspecified atom stereocenters. The lowest BCUT2D eigenvalue weighted by molar-refractivity contribution is -0.131. The van der Waals surface area contributed by atoms with Gasteiger partial charge in [-0.25, -0.2) is 9.69 Å². The number of aryl methyl sites for hydroxylation is 2. The van der Waals surface area contributed by atoms with Gasteiger partial charge in [-0.2, -0.15) is 5.10 Å². The Kier molecular flexibility index (Phi) is 8.06. The van der Waals surface area contributed by atoms with E-state index in [2.05, 4.69) is 15.9 Å². The Balaban J connectivity index is 1.15. The van der Waals surface area contributed by atoms with E-state index in [1.165, 1.54) is 39.9 Å². The number of phenols is 1. The molecule has 3 fully saturated rings. The maximum atomic E-state index is 15.1. The van der Waals surface area contributed by atoms with Gasteiger partial charge in [0.2, 0.25) is 23.6 Å². The third-order valence-corrected chi connectivity index (χ3v) is 14.2. The van der Waals surface area contributed by atoms with Crippen LogP contribution in [0.5, 0.6) is 5.75 Å². The number of aromatic nitrogens is 2. The van der Waals surface area contributed by atoms with Gasteiger partial charge in [-0.3, -0.25) is 28.8 Å². The van der Waals surface area contributed by atoms with Crippen molar-refractivity contribution >= 4 is 90.1 Å². The number of thiophene rings is 1. The van der Waals surface area contributed by atoms with Crippen LogP contribution in [-0.2, 0) is 26.2 Å². The van der Waals surface area contributed by atoms with Gasteiger partial charge < -0.3 is 10.2 Å². The predicted octanol–water partition coefficient (Wildman–Crippen LogP) is 7.87. The van der Waals surface area contributed by atoms with Crippen molar-refractivity contribution in [2.75, 3.05) is 9.80 Å². The molecule has 278 valence electrons. The minimum atomic E-state index is -1.39. The zero-order chi connectivity index (χ0) is 38.8. The summed E-state index contributed by atoms with van der Waals surface area (Å²) >= 11 is 11.4. The van der Waals surface area contributed by atoms with Crippen molar-refractivity contribution in [1.29, 1.82) is 0 Å². The Morgan fingerprint density at radius 1 is 0.982 bits per heavy atom. The first-order valence-corrected chi connectivity index (χ1v) is 19.7. The lowest BCUT2D eigenvalue weighted by atomic mass is 9.51. The number of imide groups is 2. The van der Waals surface area contributed by atoms with Crippen LogP contribution in [0, 0.1) is 36.0 Å². The van der Waals surface area contributed by atoms with Gasteiger partial charge in [0.05, 0.1) is 39.3 Å². The van der Waals surface area contributed by atoms with E-state index in [0.29, 0.717) is 32.1 Å². The average molecular weight is 840 g/mol. The molecule has 6 atom stereocenters. The molecule has 2 saturated heterocycles. The third kappa shape index (κ3) is 5.05. The maximum Gasteiger partial charge on any atom is 0.335 e. The number of carbonyl (C=O) groups is 5. The number of carboxylic acids is 1. The maximum absolute atomic E-state index is 15.1. The molecule has 9 rings (SSSR count). The van der Waals surface area contributed by atoms with Gasteiger partial charge >= 0.3 is 5.97 Å². The molecular formula is C41H32BrClN4O7S. The van der Waals surface area contributed by atoms with Crippen LogP contribution in [0.2, 0.25) is 5.02 Å². The highest BCUT2D eigenvalue weighted by Crippen LogP contribution is 2.64. The number of rotatable bonds is 5. The van der Waals surface area contributed by atoms with Crippen molar-refractivity contribution in [2.45, 2.75) is 32.6 Å². The zero-order valence-corrected chi connectivity index (χ0v) is 32.8. The summed E-state index contributed by atoms with van der Waals surface area (Å²) in [6.07, 6.45) is 2.21. The number of carboxylic acid groups (broad SMARTS) is 1. The van der Waals surface area contributed by atoms with E-state index in [0.717, 1.165) is 25.4 Å². The van der Waals surface area contributed by atoms with Gasteiger partial charge in [0.15, 0.2) is 0 Å². The zero-order valence-electron chi connectivity index (χ0n) is 29.6. The predicted molar refractivity (Wildman–Crippen MR) is 210 cm³/mol. The number of aromatic hydroxyl groups is 1. The van der Waals surface area contributed by atoms with Crippen LogP contribution in [0.1, 0.15) is 47.2 Å². The van der Waals surface area contributed by atoms with Crippen LogP contribution in [0.15, 0.2) is 82.9 Å². The molecular weight excluding hydrogens is 808 g/mol. The van der Waals surface area contributed by atoms with E-state index in [9.17, 15) is 29.4 Å². The van der Waals surface area contributed by atoms with Crippen molar-refractivity contribution in [3.63, 3.8) is 0 Å². The van der Waals surface area contributed by atoms with Gasteiger partial charge in [0.1, 0.15) is 17.3 Å². The second-order valence-corrected chi connectivity index (χ2v) is 17.3. The fraction of sp³-hybridized carbons (Fsp3) is 0.268. The number of fused-ring (bicyclic) bond motifs is 5. The summed E-state index contributed by atoms with van der Waals surface area (Å²) in [5.74, 6) is -6.81. The van der Waals surface area contributed by atoms with E-state index in [-0.39, 0.29) is 29.8 Å². The molecule has 4 amide bonds. The number of amides is 4. The summed E-state index contributed by atoms with van der Waals surface area (Å²) < 4.78 is 3.20. The number of hydrogen-bond donors (Lipinski definition) is 2. The van der Waals surface area contributed by atoms with Gasteiger partial charge in [0.25, 0.3) is 0 Å². The molecule has 4 aliphatic rings. The second kappa shape index (κ2) is 12.5. The molecule has 3 aromatic carbocycles. The number of phenolic OH excluding ortho intramolecular Hbond substituents is 1. The van der Waals surface area contributed by atoms with Crippen molar-refractivity contribution in [2.24, 2.45) is 36.1 Å². The summed E-state index contributed by atoms with van der Waals surface area (Å²) in [7, 11) is 1.69. The van der Waals surface area contributed by atoms with Crippen LogP contribution in [-0.4, -0.2) is 49.6 Å². The Bertz CT molecular complexity index is 2620. The van der Waals surface area contributed by atoms with Crippen LogP contribution < -0.4 is 9.80 Å². The van der Waals surface area contributed by atoms with Crippen molar-refractivity contribution < 1.29 is 34.2 Å². The minimum Gasteiger partial charge on any atom is -0.508 e. The van der Waals surface area contributed by atoms with Gasteiger partial charge in [-0.15, -0.1) is 11.3 Å². The van der Waals surface area contributed by atoms with Gasteiger partial charge in [-0.05, 0) is 98.2 Å². The second-order valence-electron chi connectivity index (χ2n) is 14.9. The fourth-order valence-corrected chi connectivity index (χ4v) is 11.3. The van der Waals surface area contributed by atoms with E-state index < -0.39 is 64.6 Å². The fourth-order valence-electron chi connectivity index (χ4n) is 9.58. The Hall–Kier alpha value is -5.11. The lowest BCUT2D eigenvalue weighted by Gasteiger charge is -2.49. The quantitative estimate of drug-likeness (QED) is 0.134. The van der Waals surface area contributed by atoms with E-state index >= 15 is 4.79 Å². The van der Waals surface area contributed by atoms with Crippen LogP contribution in [0.3, 0.4) is 0 Å². The molecule has 4 heterocycles. The number of aromatic carboxylic acids is 1. The summed E-state index contributed by atoms with van der Waals surface area (Å²) in [6.45, 7) is 3.74. The molecule has 1 saturated carbocycles. The number of halogens is 2. The summed E-state index contributed by atoms with van der Waals surface area (Å²) in [5.41, 5.74) is 1.41. The Morgan fingerprint density at radius 2 is 1.76 bits per heavy atom. The third-order valence-electron chi connectivity index (χ3n) is 12.1. The molecule has 2 aromatic heterocycles. The average Bonchev–Trinajstić information content (AvgIpc) is 3.82. The SMILES string of the molecule is Cc1c(-c2cc(N3C(=O)[C@@H]4C[C@@H]5C(=CC[C@@H]6C(=O)N(c7cccc(C(=O)O)c7)C(=O)[C@@H]65)[C@H](c5cc(Br)ccc5O)[C@]4(C)C3=O)n(C)n2)sc2ccc(Cl)cc12. The number of anilines is 2. The largest absolute Gasteiger partial charge is 0.508 e. The van der Waals surface area contributed by atoms with Crippen LogP contribution in [0.25, 0.3) is 20.7 Å². The summed E-state index contributed by atoms with van der Waals surface area (Å²) in [6, 6.07) is 18.1. The Labute approximate surface area is 331 Å². The normalized spacial score (nSPS) is 26.1. The standard InChI is InChI=1S/C41H32BrClN4O7S/c1-18-25-15-21(43)8-12-31(25)55-35(18)29-17-32(45(3)44-29)47-37(50)28-16-26-23(34(41(28,2)40(47)54)27-14-20(42)7-11-30(27)48)9-10-24-33(26)38(51)46(36(24)49)22-6-4-5-19(13-22)39(52)53/h4-9,11-15,17,24,26,28,33-34,48H,10,16H2,1-3H3,(H,52,53)/t24-,26+,28-,33-,34+,41+/m0/s1. The summed E-state index contributed by atoms with van der Waals surface area (Å²) in [4.78, 5) is 73.3. The molecule has 5 aromatic rings. The molecule has 0 spiro atoms. The van der Waals surface area contributed by atoms with Crippen LogP contribution >= 0.6 is 38.9 Å². The molecule has 0 radical (unpaired) electrons. The number of carbonyl (C=O) groups excluding carboxylic acids is 4. The first-order valence-electron chi connectivity index (χ1n) is 17.7. The highest BCUT2D eigenvalue weighted by molar-refractivity contribution is 9.10. The van der Waals surface area contributed by atoms with Crippen molar-refractivity contribution in [3.8, 4) is 16.3 Å². The number of hydrogen-bond acceptors (Lipinski definition) is 8. The molecule has 2 aliphatic heterocycles. The van der Waals surface area contributed by atoms with Gasteiger partial charge in [0, 0.05) is 38.8 Å². The topological polar surface area (TPSA) is 150 Å². The Morgan fingerprint density at radius 3 is 2.53 bits per heavy atom. The number of benzene rings is 3. The highest BCUT2D eigenvalue weighted by atomic mass is 79.9. The lowest BCUT2D eigenvalue weighted by Crippen LogP contribution is -2.49. The molecule has 14 heteroatoms. The first kappa shape index (κ1) is 35.6. The number of nitrogens with zero attached hydrogens (tertiary/aromatic N) is 4. The molecule has 2 N–H and O–H groups in total. The van der Waals surface area contributed by atoms with Gasteiger partial charge in [-0.1, -0.05) is 45.2 Å². The van der Waals surface area contributed by atoms with Crippen LogP contribution in [0.4, 0.5) is 11.5 Å². The highest BCUT2D eigenvalue weighted by Gasteiger charge is 2.68. The first-order chi connectivity index (χ1) is 26.2.